The summed E-state index contributed by atoms with van der Waals surface area (Å²) in [5.74, 6) is 0.567. The Morgan fingerprint density at radius 3 is 2.33 bits per heavy atom. The molecule has 0 spiro atoms. The summed E-state index contributed by atoms with van der Waals surface area (Å²) in [5, 5.41) is 16.5. The molecule has 2 aromatic rings. The Hall–Kier alpha value is -3.09. The molecule has 0 heterocycles. The third-order valence-electron chi connectivity index (χ3n) is 3.25. The van der Waals surface area contributed by atoms with E-state index in [1.165, 1.54) is 12.1 Å². The smallest absolute Gasteiger partial charge is 0.269 e. The molecule has 1 amide bonds. The molecule has 0 bridgehead atoms. The SMILES string of the molecule is CCOc1ccc(C(=O)NCCNc2ccc([N+](=O)[O-])cc2)cc1. The number of nitro benzene ring substituents is 1. The highest BCUT2D eigenvalue weighted by Gasteiger charge is 2.06. The number of nitrogens with one attached hydrogen (secondary N) is 2. The molecule has 0 unspecified atom stereocenters. The van der Waals surface area contributed by atoms with E-state index in [9.17, 15) is 14.9 Å². The van der Waals surface area contributed by atoms with E-state index in [2.05, 4.69) is 10.6 Å². The molecule has 0 aliphatic heterocycles. The molecule has 0 saturated carbocycles. The monoisotopic (exact) mass is 329 g/mol. The van der Waals surface area contributed by atoms with Crippen molar-refractivity contribution in [2.24, 2.45) is 0 Å². The first-order valence-corrected chi connectivity index (χ1v) is 7.59. The predicted octanol–water partition coefficient (Wildman–Crippen LogP) is 2.84. The lowest BCUT2D eigenvalue weighted by Gasteiger charge is -2.08. The first kappa shape index (κ1) is 17.3. The third kappa shape index (κ3) is 4.98. The minimum atomic E-state index is -0.444. The molecule has 0 radical (unpaired) electrons. The van der Waals surface area contributed by atoms with Crippen LogP contribution in [-0.4, -0.2) is 30.5 Å². The van der Waals surface area contributed by atoms with E-state index in [1.807, 2.05) is 6.92 Å². The van der Waals surface area contributed by atoms with E-state index in [1.54, 1.807) is 36.4 Å². The molecule has 7 nitrogen and oxygen atoms in total. The Bertz CT molecular complexity index is 684. The van der Waals surface area contributed by atoms with Gasteiger partial charge in [-0.05, 0) is 43.3 Å². The molecule has 0 fully saturated rings. The van der Waals surface area contributed by atoms with Crippen LogP contribution < -0.4 is 15.4 Å². The van der Waals surface area contributed by atoms with Crippen molar-refractivity contribution >= 4 is 17.3 Å². The number of ether oxygens (including phenoxy) is 1. The van der Waals surface area contributed by atoms with Gasteiger partial charge in [0.1, 0.15) is 5.75 Å². The number of carbonyl (C=O) groups excluding carboxylic acids is 1. The molecule has 0 aromatic heterocycles. The first-order valence-electron chi connectivity index (χ1n) is 7.59. The molecule has 2 aromatic carbocycles. The maximum atomic E-state index is 12.0. The summed E-state index contributed by atoms with van der Waals surface area (Å²) < 4.78 is 5.33. The van der Waals surface area contributed by atoms with Gasteiger partial charge in [0.25, 0.3) is 11.6 Å². The molecule has 126 valence electrons. The Kier molecular flexibility index (Phi) is 6.13. The first-order chi connectivity index (χ1) is 11.6. The number of hydrogen-bond donors (Lipinski definition) is 2. The van der Waals surface area contributed by atoms with Gasteiger partial charge in [0.15, 0.2) is 0 Å². The van der Waals surface area contributed by atoms with Gasteiger partial charge >= 0.3 is 0 Å². The maximum Gasteiger partial charge on any atom is 0.269 e. The number of benzene rings is 2. The van der Waals surface area contributed by atoms with Crippen LogP contribution in [-0.2, 0) is 0 Å². The predicted molar refractivity (Wildman–Crippen MR) is 91.5 cm³/mol. The van der Waals surface area contributed by atoms with E-state index < -0.39 is 4.92 Å². The fraction of sp³-hybridized carbons (Fsp3) is 0.235. The number of rotatable bonds is 8. The van der Waals surface area contributed by atoms with Crippen molar-refractivity contribution in [2.75, 3.05) is 25.0 Å². The van der Waals surface area contributed by atoms with Crippen molar-refractivity contribution in [3.8, 4) is 5.75 Å². The summed E-state index contributed by atoms with van der Waals surface area (Å²) in [4.78, 5) is 22.1. The summed E-state index contributed by atoms with van der Waals surface area (Å²) in [6.45, 7) is 3.43. The van der Waals surface area contributed by atoms with E-state index >= 15 is 0 Å². The average molecular weight is 329 g/mol. The van der Waals surface area contributed by atoms with Crippen molar-refractivity contribution < 1.29 is 14.5 Å². The minimum absolute atomic E-state index is 0.0457. The number of hydrogen-bond acceptors (Lipinski definition) is 5. The molecule has 24 heavy (non-hydrogen) atoms. The highest BCUT2D eigenvalue weighted by atomic mass is 16.6. The topological polar surface area (TPSA) is 93.5 Å². The van der Waals surface area contributed by atoms with Crippen molar-refractivity contribution in [2.45, 2.75) is 6.92 Å². The average Bonchev–Trinajstić information content (AvgIpc) is 2.60. The molecular formula is C17H19N3O4. The van der Waals surface area contributed by atoms with Crippen molar-refractivity contribution in [3.63, 3.8) is 0 Å². The minimum Gasteiger partial charge on any atom is -0.494 e. The lowest BCUT2D eigenvalue weighted by Crippen LogP contribution is -2.28. The zero-order valence-corrected chi connectivity index (χ0v) is 13.3. The molecule has 0 saturated heterocycles. The van der Waals surface area contributed by atoms with Crippen LogP contribution in [0.4, 0.5) is 11.4 Å². The van der Waals surface area contributed by atoms with Crippen LogP contribution in [0.2, 0.25) is 0 Å². The standard InChI is InChI=1S/C17H19N3O4/c1-2-24-16-9-3-13(4-10-16)17(21)19-12-11-18-14-5-7-15(8-6-14)20(22)23/h3-10,18H,2,11-12H2,1H3,(H,19,21). The maximum absolute atomic E-state index is 12.0. The van der Waals surface area contributed by atoms with Gasteiger partial charge < -0.3 is 15.4 Å². The van der Waals surface area contributed by atoms with Crippen molar-refractivity contribution in [1.82, 2.24) is 5.32 Å². The number of carbonyl (C=O) groups is 1. The van der Waals surface area contributed by atoms with E-state index in [4.69, 9.17) is 4.74 Å². The van der Waals surface area contributed by atoms with E-state index in [0.717, 1.165) is 11.4 Å². The highest BCUT2D eigenvalue weighted by Crippen LogP contribution is 2.15. The van der Waals surface area contributed by atoms with Crippen LogP contribution in [0.1, 0.15) is 17.3 Å². The van der Waals surface area contributed by atoms with Crippen LogP contribution in [0.3, 0.4) is 0 Å². The highest BCUT2D eigenvalue weighted by molar-refractivity contribution is 5.94. The van der Waals surface area contributed by atoms with Crippen LogP contribution >= 0.6 is 0 Å². The Morgan fingerprint density at radius 2 is 1.75 bits per heavy atom. The Labute approximate surface area is 139 Å². The normalized spacial score (nSPS) is 10.0. The second-order valence-electron chi connectivity index (χ2n) is 4.94. The van der Waals surface area contributed by atoms with Crippen LogP contribution in [0.15, 0.2) is 48.5 Å². The Balaban J connectivity index is 1.75. The lowest BCUT2D eigenvalue weighted by molar-refractivity contribution is -0.384. The summed E-state index contributed by atoms with van der Waals surface area (Å²) in [7, 11) is 0. The van der Waals surface area contributed by atoms with E-state index in [0.29, 0.717) is 25.3 Å². The zero-order chi connectivity index (χ0) is 17.4. The van der Waals surface area contributed by atoms with Gasteiger partial charge in [-0.2, -0.15) is 0 Å². The number of nitrogens with zero attached hydrogens (tertiary/aromatic N) is 1. The van der Waals surface area contributed by atoms with Crippen LogP contribution in [0.25, 0.3) is 0 Å². The van der Waals surface area contributed by atoms with Gasteiger partial charge in [-0.15, -0.1) is 0 Å². The molecule has 0 atom stereocenters. The molecule has 7 heteroatoms. The second-order valence-corrected chi connectivity index (χ2v) is 4.94. The molecular weight excluding hydrogens is 310 g/mol. The number of amides is 1. The second kappa shape index (κ2) is 8.52. The van der Waals surface area contributed by atoms with Crippen molar-refractivity contribution in [3.05, 3.63) is 64.2 Å². The summed E-state index contributed by atoms with van der Waals surface area (Å²) in [6.07, 6.45) is 0. The summed E-state index contributed by atoms with van der Waals surface area (Å²) >= 11 is 0. The van der Waals surface area contributed by atoms with Gasteiger partial charge in [-0.3, -0.25) is 14.9 Å². The van der Waals surface area contributed by atoms with Crippen LogP contribution in [0, 0.1) is 10.1 Å². The number of nitro groups is 1. The van der Waals surface area contributed by atoms with Crippen LogP contribution in [0.5, 0.6) is 5.75 Å². The fourth-order valence-electron chi connectivity index (χ4n) is 2.06. The quantitative estimate of drug-likeness (QED) is 0.441. The van der Waals surface area contributed by atoms with Gasteiger partial charge in [0, 0.05) is 36.5 Å². The molecule has 0 aliphatic rings. The molecule has 2 rings (SSSR count). The van der Waals surface area contributed by atoms with Gasteiger partial charge in [0.2, 0.25) is 0 Å². The summed E-state index contributed by atoms with van der Waals surface area (Å²) in [6, 6.07) is 13.1. The lowest BCUT2D eigenvalue weighted by atomic mass is 10.2. The van der Waals surface area contributed by atoms with Gasteiger partial charge in [-0.25, -0.2) is 0 Å². The molecule has 0 aliphatic carbocycles. The van der Waals surface area contributed by atoms with E-state index in [-0.39, 0.29) is 11.6 Å². The number of anilines is 1. The zero-order valence-electron chi connectivity index (χ0n) is 13.3. The third-order valence-corrected chi connectivity index (χ3v) is 3.25. The van der Waals surface area contributed by atoms with Crippen molar-refractivity contribution in [1.29, 1.82) is 0 Å². The van der Waals surface area contributed by atoms with Gasteiger partial charge in [0.05, 0.1) is 11.5 Å². The fourth-order valence-corrected chi connectivity index (χ4v) is 2.06. The molecule has 2 N–H and O–H groups in total. The summed E-state index contributed by atoms with van der Waals surface area (Å²) in [5.41, 5.74) is 1.37. The Morgan fingerprint density at radius 1 is 1.08 bits per heavy atom. The number of non-ortho nitro benzene ring substituents is 1. The van der Waals surface area contributed by atoms with Gasteiger partial charge in [-0.1, -0.05) is 0 Å². The largest absolute Gasteiger partial charge is 0.494 e.